The number of hydrogen-bond acceptors (Lipinski definition) is 7. The van der Waals surface area contributed by atoms with Crippen LogP contribution >= 0.6 is 0 Å². The van der Waals surface area contributed by atoms with Gasteiger partial charge in [-0.2, -0.15) is 0 Å². The monoisotopic (exact) mass is 354 g/mol. The Labute approximate surface area is 145 Å². The number of hydrogen-bond donors (Lipinski definition) is 1. The van der Waals surface area contributed by atoms with Crippen molar-refractivity contribution in [3.63, 3.8) is 0 Å². The van der Waals surface area contributed by atoms with Gasteiger partial charge in [0.05, 0.1) is 15.2 Å². The quantitative estimate of drug-likeness (QED) is 0.546. The molecule has 0 atom stereocenters. The van der Waals surface area contributed by atoms with Crippen molar-refractivity contribution >= 4 is 28.2 Å². The van der Waals surface area contributed by atoms with E-state index in [0.29, 0.717) is 0 Å². The minimum absolute atomic E-state index is 0.0456. The van der Waals surface area contributed by atoms with Gasteiger partial charge in [-0.1, -0.05) is 0 Å². The Morgan fingerprint density at radius 3 is 2.35 bits per heavy atom. The highest BCUT2D eigenvalue weighted by atomic mass is 16.6. The molecule has 0 aliphatic heterocycles. The number of carbonyl (C=O) groups excluding carboxylic acids is 1. The third-order valence-electron chi connectivity index (χ3n) is 3.57. The van der Waals surface area contributed by atoms with Gasteiger partial charge in [-0.15, -0.1) is 0 Å². The first-order valence-corrected chi connectivity index (χ1v) is 7.16. The number of nitrogens with zero attached hydrogens (tertiary/aromatic N) is 3. The van der Waals surface area contributed by atoms with Gasteiger partial charge in [0.25, 0.3) is 5.69 Å². The highest BCUT2D eigenvalue weighted by Crippen LogP contribution is 2.37. The van der Waals surface area contributed by atoms with Crippen molar-refractivity contribution in [2.45, 2.75) is 0 Å². The van der Waals surface area contributed by atoms with Crippen LogP contribution in [0.3, 0.4) is 0 Å². The predicted molar refractivity (Wildman–Crippen MR) is 90.1 cm³/mol. The minimum atomic E-state index is -0.817. The van der Waals surface area contributed by atoms with E-state index < -0.39 is 21.4 Å². The third kappa shape index (κ3) is 2.98. The summed E-state index contributed by atoms with van der Waals surface area (Å²) in [5, 5.41) is 22.6. The molecule has 2 aromatic carbocycles. The summed E-state index contributed by atoms with van der Waals surface area (Å²) in [5.41, 5.74) is 4.62. The number of rotatable bonds is 5. The van der Waals surface area contributed by atoms with Crippen LogP contribution in [0.25, 0.3) is 10.9 Å². The van der Waals surface area contributed by atoms with Gasteiger partial charge < -0.3 is 10.5 Å². The minimum Gasteiger partial charge on any atom is -0.448 e. The van der Waals surface area contributed by atoms with Gasteiger partial charge in [0, 0.05) is 23.9 Å². The molecule has 1 amide bonds. The third-order valence-corrected chi connectivity index (χ3v) is 3.57. The molecule has 1 aromatic heterocycles. The normalized spacial score (nSPS) is 10.5. The van der Waals surface area contributed by atoms with E-state index in [0.717, 1.165) is 6.07 Å². The lowest BCUT2D eigenvalue weighted by atomic mass is 10.1. The fourth-order valence-electron chi connectivity index (χ4n) is 2.39. The van der Waals surface area contributed by atoms with Gasteiger partial charge in [-0.3, -0.25) is 30.0 Å². The zero-order valence-corrected chi connectivity index (χ0v) is 13.0. The van der Waals surface area contributed by atoms with Gasteiger partial charge in [-0.25, -0.2) is 0 Å². The number of amides is 1. The van der Waals surface area contributed by atoms with Crippen LogP contribution in [0.1, 0.15) is 10.4 Å². The second-order valence-corrected chi connectivity index (χ2v) is 5.15. The van der Waals surface area contributed by atoms with Gasteiger partial charge in [-0.05, 0) is 30.3 Å². The van der Waals surface area contributed by atoms with Crippen LogP contribution in [0, 0.1) is 20.2 Å². The molecule has 0 radical (unpaired) electrons. The maximum atomic E-state index is 11.3. The largest absolute Gasteiger partial charge is 0.448 e. The fourth-order valence-corrected chi connectivity index (χ4v) is 2.39. The molecule has 2 N–H and O–H groups in total. The summed E-state index contributed by atoms with van der Waals surface area (Å²) >= 11 is 0. The summed E-state index contributed by atoms with van der Waals surface area (Å²) in [7, 11) is 0. The second-order valence-electron chi connectivity index (χ2n) is 5.15. The number of carbonyl (C=O) groups is 1. The van der Waals surface area contributed by atoms with E-state index in [4.69, 9.17) is 10.5 Å². The maximum Gasteiger partial charge on any atom is 0.312 e. The zero-order chi connectivity index (χ0) is 18.8. The van der Waals surface area contributed by atoms with E-state index in [1.165, 1.54) is 42.6 Å². The van der Waals surface area contributed by atoms with Crippen molar-refractivity contribution in [3.05, 3.63) is 74.5 Å². The van der Waals surface area contributed by atoms with Crippen molar-refractivity contribution in [2.24, 2.45) is 5.73 Å². The molecular formula is C16H10N4O6. The Morgan fingerprint density at radius 1 is 1.00 bits per heavy atom. The highest BCUT2D eigenvalue weighted by molar-refractivity contribution is 5.94. The molecule has 0 unspecified atom stereocenters. The lowest BCUT2D eigenvalue weighted by Crippen LogP contribution is -2.11. The molecular weight excluding hydrogens is 344 g/mol. The van der Waals surface area contributed by atoms with Gasteiger partial charge >= 0.3 is 5.69 Å². The van der Waals surface area contributed by atoms with Crippen molar-refractivity contribution < 1.29 is 19.4 Å². The molecule has 0 spiro atoms. The standard InChI is InChI=1S/C16H10N4O6/c17-16(21)9-3-5-13(12(8-9)20(24)25)26-14-6-4-11(19(22)23)10-2-1-7-18-15(10)14/h1-8H,(H2,17,21). The van der Waals surface area contributed by atoms with Crippen molar-refractivity contribution in [1.29, 1.82) is 0 Å². The maximum absolute atomic E-state index is 11.3. The Bertz CT molecular complexity index is 1070. The van der Waals surface area contributed by atoms with E-state index in [9.17, 15) is 25.0 Å². The molecule has 0 saturated heterocycles. The summed E-state index contributed by atoms with van der Waals surface area (Å²) in [6.45, 7) is 0. The molecule has 3 aromatic rings. The second kappa shape index (κ2) is 6.43. The van der Waals surface area contributed by atoms with Crippen LogP contribution in [0.15, 0.2) is 48.7 Å². The molecule has 1 heterocycles. The van der Waals surface area contributed by atoms with E-state index in [1.54, 1.807) is 0 Å². The summed E-state index contributed by atoms with van der Waals surface area (Å²) in [4.78, 5) is 36.4. The molecule has 0 aliphatic rings. The Hall–Kier alpha value is -4.08. The number of nitrogens with two attached hydrogens (primary N) is 1. The van der Waals surface area contributed by atoms with E-state index in [-0.39, 0.29) is 33.7 Å². The first-order valence-electron chi connectivity index (χ1n) is 7.16. The molecule has 130 valence electrons. The van der Waals surface area contributed by atoms with Crippen LogP contribution in [0.2, 0.25) is 0 Å². The average molecular weight is 354 g/mol. The van der Waals surface area contributed by atoms with Crippen molar-refractivity contribution in [1.82, 2.24) is 4.98 Å². The number of benzene rings is 2. The summed E-state index contributed by atoms with van der Waals surface area (Å²) in [5.74, 6) is -0.871. The topological polar surface area (TPSA) is 151 Å². The first-order chi connectivity index (χ1) is 12.4. The first kappa shape index (κ1) is 16.8. The number of fused-ring (bicyclic) bond motifs is 1. The van der Waals surface area contributed by atoms with Crippen molar-refractivity contribution in [3.8, 4) is 11.5 Å². The molecule has 3 rings (SSSR count). The van der Waals surface area contributed by atoms with Crippen LogP contribution in [0.5, 0.6) is 11.5 Å². The number of non-ortho nitro benzene ring substituents is 1. The summed E-state index contributed by atoms with van der Waals surface area (Å²) in [6.07, 6.45) is 1.42. The Morgan fingerprint density at radius 2 is 1.69 bits per heavy atom. The molecule has 10 nitrogen and oxygen atoms in total. The lowest BCUT2D eigenvalue weighted by Gasteiger charge is -2.09. The molecule has 26 heavy (non-hydrogen) atoms. The Kier molecular flexibility index (Phi) is 4.15. The molecule has 0 bridgehead atoms. The van der Waals surface area contributed by atoms with Gasteiger partial charge in [0.2, 0.25) is 11.7 Å². The number of nitro benzene ring substituents is 2. The van der Waals surface area contributed by atoms with E-state index in [2.05, 4.69) is 4.98 Å². The highest BCUT2D eigenvalue weighted by Gasteiger charge is 2.21. The average Bonchev–Trinajstić information content (AvgIpc) is 2.61. The summed E-state index contributed by atoms with van der Waals surface area (Å²) < 4.78 is 5.57. The number of pyridine rings is 1. The Balaban J connectivity index is 2.13. The summed E-state index contributed by atoms with van der Waals surface area (Å²) in [6, 6.07) is 9.07. The van der Waals surface area contributed by atoms with Crippen molar-refractivity contribution in [2.75, 3.05) is 0 Å². The number of primary amides is 1. The van der Waals surface area contributed by atoms with E-state index >= 15 is 0 Å². The van der Waals surface area contributed by atoms with Gasteiger partial charge in [0.15, 0.2) is 5.75 Å². The van der Waals surface area contributed by atoms with Crippen LogP contribution in [0.4, 0.5) is 11.4 Å². The molecule has 0 saturated carbocycles. The molecule has 10 heteroatoms. The lowest BCUT2D eigenvalue weighted by molar-refractivity contribution is -0.385. The molecule has 0 fully saturated rings. The number of ether oxygens (including phenoxy) is 1. The van der Waals surface area contributed by atoms with Crippen LogP contribution in [-0.2, 0) is 0 Å². The van der Waals surface area contributed by atoms with Crippen LogP contribution in [-0.4, -0.2) is 20.7 Å². The van der Waals surface area contributed by atoms with E-state index in [1.807, 2.05) is 0 Å². The number of aromatic nitrogens is 1. The predicted octanol–water partition coefficient (Wildman–Crippen LogP) is 2.94. The SMILES string of the molecule is NC(=O)c1ccc(Oc2ccc([N+](=O)[O-])c3cccnc23)c([N+](=O)[O-])c1. The molecule has 0 aliphatic carbocycles. The van der Waals surface area contributed by atoms with Gasteiger partial charge in [0.1, 0.15) is 5.52 Å². The zero-order valence-electron chi connectivity index (χ0n) is 13.0. The fraction of sp³-hybridized carbons (Fsp3) is 0. The smallest absolute Gasteiger partial charge is 0.312 e. The van der Waals surface area contributed by atoms with Crippen LogP contribution < -0.4 is 10.5 Å². The number of nitro groups is 2.